The lowest BCUT2D eigenvalue weighted by Gasteiger charge is -2.08. The molecule has 0 aliphatic carbocycles. The highest BCUT2D eigenvalue weighted by molar-refractivity contribution is 6.33. The Morgan fingerprint density at radius 2 is 2.21 bits per heavy atom. The fraction of sp³-hybridized carbons (Fsp3) is 0.231. The van der Waals surface area contributed by atoms with Crippen LogP contribution in [0.15, 0.2) is 24.4 Å². The molecule has 0 bridgehead atoms. The molecule has 0 saturated carbocycles. The van der Waals surface area contributed by atoms with Crippen LogP contribution in [-0.2, 0) is 6.54 Å². The van der Waals surface area contributed by atoms with E-state index in [1.54, 1.807) is 4.68 Å². The van der Waals surface area contributed by atoms with Crippen molar-refractivity contribution in [2.24, 2.45) is 0 Å². The number of aromatic nitrogens is 2. The number of carbonyl (C=O) groups is 1. The molecule has 1 aromatic carbocycles. The molecule has 6 heteroatoms. The van der Waals surface area contributed by atoms with Crippen molar-refractivity contribution in [1.29, 1.82) is 0 Å². The molecule has 2 rings (SSSR count). The first-order chi connectivity index (χ1) is 9.02. The molecule has 0 fully saturated rings. The third kappa shape index (κ3) is 2.76. The Labute approximate surface area is 114 Å². The number of carboxylic acids is 1. The minimum Gasteiger partial charge on any atom is -0.478 e. The Balaban J connectivity index is 2.58. The van der Waals surface area contributed by atoms with Crippen molar-refractivity contribution in [3.8, 4) is 11.3 Å². The van der Waals surface area contributed by atoms with Gasteiger partial charge in [0.05, 0.1) is 22.5 Å². The van der Waals surface area contributed by atoms with Crippen LogP contribution >= 0.6 is 11.6 Å². The van der Waals surface area contributed by atoms with Gasteiger partial charge in [-0.1, -0.05) is 18.5 Å². The highest BCUT2D eigenvalue weighted by atomic mass is 35.5. The quantitative estimate of drug-likeness (QED) is 0.934. The first kappa shape index (κ1) is 13.5. The average Bonchev–Trinajstić information content (AvgIpc) is 2.70. The number of aryl methyl sites for hydroxylation is 1. The van der Waals surface area contributed by atoms with Crippen LogP contribution in [0.25, 0.3) is 11.3 Å². The van der Waals surface area contributed by atoms with Gasteiger partial charge in [-0.15, -0.1) is 0 Å². The Morgan fingerprint density at radius 3 is 2.84 bits per heavy atom. The standard InChI is InChI=1S/C13H12ClFN2O2/c1-2-3-17-12(11(14)7-16-17)8-4-9(13(18)19)6-10(15)5-8/h4-7H,2-3H2,1H3,(H,18,19). The molecule has 2 aromatic rings. The monoisotopic (exact) mass is 282 g/mol. The smallest absolute Gasteiger partial charge is 0.335 e. The van der Waals surface area contributed by atoms with Gasteiger partial charge in [-0.05, 0) is 24.6 Å². The number of benzene rings is 1. The molecule has 0 saturated heterocycles. The summed E-state index contributed by atoms with van der Waals surface area (Å²) in [6.07, 6.45) is 2.31. The van der Waals surface area contributed by atoms with Crippen molar-refractivity contribution < 1.29 is 14.3 Å². The van der Waals surface area contributed by atoms with Gasteiger partial charge < -0.3 is 5.11 Å². The van der Waals surface area contributed by atoms with E-state index in [4.69, 9.17) is 16.7 Å². The largest absolute Gasteiger partial charge is 0.478 e. The molecule has 1 aromatic heterocycles. The molecule has 0 radical (unpaired) electrons. The Bertz CT molecular complexity index is 625. The maximum atomic E-state index is 13.5. The number of nitrogens with zero attached hydrogens (tertiary/aromatic N) is 2. The summed E-state index contributed by atoms with van der Waals surface area (Å²) in [5, 5.41) is 13.4. The normalized spacial score (nSPS) is 10.7. The van der Waals surface area contributed by atoms with Crippen LogP contribution in [0.1, 0.15) is 23.7 Å². The maximum Gasteiger partial charge on any atom is 0.335 e. The number of hydrogen-bond acceptors (Lipinski definition) is 2. The summed E-state index contributed by atoms with van der Waals surface area (Å²) >= 11 is 6.05. The maximum absolute atomic E-state index is 13.5. The summed E-state index contributed by atoms with van der Waals surface area (Å²) in [6, 6.07) is 3.61. The van der Waals surface area contributed by atoms with Gasteiger partial charge in [0.1, 0.15) is 5.82 Å². The highest BCUT2D eigenvalue weighted by Gasteiger charge is 2.15. The van der Waals surface area contributed by atoms with E-state index in [0.29, 0.717) is 22.8 Å². The van der Waals surface area contributed by atoms with Crippen molar-refractivity contribution in [1.82, 2.24) is 9.78 Å². The SMILES string of the molecule is CCCn1ncc(Cl)c1-c1cc(F)cc(C(=O)O)c1. The van der Waals surface area contributed by atoms with Crippen LogP contribution in [0.5, 0.6) is 0 Å². The van der Waals surface area contributed by atoms with Crippen LogP contribution in [0.3, 0.4) is 0 Å². The summed E-state index contributed by atoms with van der Waals surface area (Å²) in [5.41, 5.74) is 0.828. The lowest BCUT2D eigenvalue weighted by atomic mass is 10.1. The molecule has 0 aliphatic rings. The van der Waals surface area contributed by atoms with E-state index in [0.717, 1.165) is 12.5 Å². The summed E-state index contributed by atoms with van der Waals surface area (Å²) < 4.78 is 15.1. The van der Waals surface area contributed by atoms with Gasteiger partial charge in [0.25, 0.3) is 0 Å². The average molecular weight is 283 g/mol. The zero-order valence-electron chi connectivity index (χ0n) is 10.2. The lowest BCUT2D eigenvalue weighted by Crippen LogP contribution is -2.03. The molecule has 0 amide bonds. The molecule has 0 atom stereocenters. The van der Waals surface area contributed by atoms with E-state index in [9.17, 15) is 9.18 Å². The van der Waals surface area contributed by atoms with Crippen molar-refractivity contribution in [2.45, 2.75) is 19.9 Å². The van der Waals surface area contributed by atoms with Crippen molar-refractivity contribution >= 4 is 17.6 Å². The minimum absolute atomic E-state index is 0.115. The molecule has 0 unspecified atom stereocenters. The zero-order valence-corrected chi connectivity index (χ0v) is 11.0. The molecule has 19 heavy (non-hydrogen) atoms. The van der Waals surface area contributed by atoms with Crippen LogP contribution in [-0.4, -0.2) is 20.9 Å². The van der Waals surface area contributed by atoms with E-state index in [2.05, 4.69) is 5.10 Å². The van der Waals surface area contributed by atoms with E-state index in [-0.39, 0.29) is 5.56 Å². The van der Waals surface area contributed by atoms with E-state index in [1.165, 1.54) is 18.3 Å². The second-order valence-corrected chi connectivity index (χ2v) is 4.51. The third-order valence-electron chi connectivity index (χ3n) is 2.65. The van der Waals surface area contributed by atoms with Crippen LogP contribution in [0, 0.1) is 5.82 Å². The van der Waals surface area contributed by atoms with E-state index >= 15 is 0 Å². The fourth-order valence-electron chi connectivity index (χ4n) is 1.88. The van der Waals surface area contributed by atoms with Crippen molar-refractivity contribution in [3.63, 3.8) is 0 Å². The number of hydrogen-bond donors (Lipinski definition) is 1. The van der Waals surface area contributed by atoms with E-state index < -0.39 is 11.8 Å². The lowest BCUT2D eigenvalue weighted by molar-refractivity contribution is 0.0696. The van der Waals surface area contributed by atoms with Crippen LogP contribution in [0.4, 0.5) is 4.39 Å². The third-order valence-corrected chi connectivity index (χ3v) is 2.92. The Hall–Kier alpha value is -1.88. The molecular formula is C13H12ClFN2O2. The number of carboxylic acid groups (broad SMARTS) is 1. The van der Waals surface area contributed by atoms with E-state index in [1.807, 2.05) is 6.92 Å². The fourth-order valence-corrected chi connectivity index (χ4v) is 2.13. The second kappa shape index (κ2) is 5.40. The first-order valence-corrected chi connectivity index (χ1v) is 6.16. The number of aromatic carboxylic acids is 1. The van der Waals surface area contributed by atoms with Gasteiger partial charge in [-0.2, -0.15) is 5.10 Å². The molecule has 1 N–H and O–H groups in total. The zero-order chi connectivity index (χ0) is 14.0. The van der Waals surface area contributed by atoms with Crippen LogP contribution in [0.2, 0.25) is 5.02 Å². The van der Waals surface area contributed by atoms with Gasteiger partial charge in [0.15, 0.2) is 0 Å². The Kier molecular flexibility index (Phi) is 3.85. The van der Waals surface area contributed by atoms with Gasteiger partial charge in [-0.3, -0.25) is 4.68 Å². The van der Waals surface area contributed by atoms with Crippen molar-refractivity contribution in [3.05, 3.63) is 40.8 Å². The topological polar surface area (TPSA) is 55.1 Å². The van der Waals surface area contributed by atoms with Gasteiger partial charge >= 0.3 is 5.97 Å². The second-order valence-electron chi connectivity index (χ2n) is 4.10. The van der Waals surface area contributed by atoms with Gasteiger partial charge in [-0.25, -0.2) is 9.18 Å². The van der Waals surface area contributed by atoms with Gasteiger partial charge in [0.2, 0.25) is 0 Å². The molecular weight excluding hydrogens is 271 g/mol. The summed E-state index contributed by atoms with van der Waals surface area (Å²) in [6.45, 7) is 2.61. The Morgan fingerprint density at radius 1 is 1.47 bits per heavy atom. The number of halogens is 2. The summed E-state index contributed by atoms with van der Waals surface area (Å²) in [5.74, 6) is -1.80. The molecule has 100 valence electrons. The highest BCUT2D eigenvalue weighted by Crippen LogP contribution is 2.29. The molecule has 0 spiro atoms. The summed E-state index contributed by atoms with van der Waals surface area (Å²) in [7, 11) is 0. The number of rotatable bonds is 4. The van der Waals surface area contributed by atoms with Gasteiger partial charge in [0, 0.05) is 12.1 Å². The molecule has 0 aliphatic heterocycles. The molecule has 4 nitrogen and oxygen atoms in total. The predicted molar refractivity (Wildman–Crippen MR) is 69.9 cm³/mol. The minimum atomic E-state index is -1.18. The summed E-state index contributed by atoms with van der Waals surface area (Å²) in [4.78, 5) is 10.9. The first-order valence-electron chi connectivity index (χ1n) is 5.78. The van der Waals surface area contributed by atoms with Crippen molar-refractivity contribution in [2.75, 3.05) is 0 Å². The molecule has 1 heterocycles. The predicted octanol–water partition coefficient (Wildman–Crippen LogP) is 3.45. The van der Waals surface area contributed by atoms with Crippen LogP contribution < -0.4 is 0 Å².